The Morgan fingerprint density at radius 3 is 2.68 bits per heavy atom. The van der Waals surface area contributed by atoms with Crippen LogP contribution in [0.3, 0.4) is 0 Å². The van der Waals surface area contributed by atoms with Gasteiger partial charge in [0, 0.05) is 37.8 Å². The van der Waals surface area contributed by atoms with Crippen LogP contribution in [0.15, 0.2) is 24.4 Å². The predicted octanol–water partition coefficient (Wildman–Crippen LogP) is 3.06. The number of piperidine rings is 1. The Morgan fingerprint density at radius 1 is 1.24 bits per heavy atom. The summed E-state index contributed by atoms with van der Waals surface area (Å²) >= 11 is 0. The number of carbonyl (C=O) groups excluding carboxylic acids is 1. The van der Waals surface area contributed by atoms with Crippen molar-refractivity contribution in [1.82, 2.24) is 19.6 Å². The summed E-state index contributed by atoms with van der Waals surface area (Å²) in [5, 5.41) is 3.23. The maximum absolute atomic E-state index is 12.8. The molecule has 134 valence electrons. The molecular formula is C20H28N4O. The average Bonchev–Trinajstić information content (AvgIpc) is 3.33. The van der Waals surface area contributed by atoms with Crippen LogP contribution in [0.1, 0.15) is 61.8 Å². The van der Waals surface area contributed by atoms with E-state index in [-0.39, 0.29) is 17.9 Å². The van der Waals surface area contributed by atoms with Crippen LogP contribution < -0.4 is 5.32 Å². The van der Waals surface area contributed by atoms with Gasteiger partial charge in [0.05, 0.1) is 5.52 Å². The molecule has 1 saturated heterocycles. The molecule has 0 bridgehead atoms. The zero-order valence-corrected chi connectivity index (χ0v) is 15.2. The van der Waals surface area contributed by atoms with Gasteiger partial charge in [0.25, 0.3) is 5.91 Å². The summed E-state index contributed by atoms with van der Waals surface area (Å²) in [4.78, 5) is 20.0. The molecule has 2 fully saturated rings. The number of fused-ring (bicyclic) bond motifs is 1. The van der Waals surface area contributed by atoms with E-state index in [9.17, 15) is 4.79 Å². The average molecular weight is 340 g/mol. The van der Waals surface area contributed by atoms with Crippen molar-refractivity contribution in [3.05, 3.63) is 35.9 Å². The van der Waals surface area contributed by atoms with Gasteiger partial charge in [-0.3, -0.25) is 4.79 Å². The molecule has 1 aliphatic heterocycles. The SMILES string of the molecule is CC(C)c1nc(C(=O)NC2CCN(CC3CC3)CC2)c2ccccn12. The zero-order chi connectivity index (χ0) is 17.4. The highest BCUT2D eigenvalue weighted by Crippen LogP contribution is 2.30. The van der Waals surface area contributed by atoms with Crippen LogP contribution in [0.2, 0.25) is 0 Å². The molecule has 2 aromatic heterocycles. The van der Waals surface area contributed by atoms with E-state index in [1.165, 1.54) is 19.4 Å². The molecule has 5 nitrogen and oxygen atoms in total. The van der Waals surface area contributed by atoms with Gasteiger partial charge in [-0.25, -0.2) is 4.98 Å². The maximum Gasteiger partial charge on any atom is 0.272 e. The van der Waals surface area contributed by atoms with Crippen molar-refractivity contribution in [2.45, 2.75) is 51.5 Å². The number of aromatic nitrogens is 2. The van der Waals surface area contributed by atoms with Gasteiger partial charge in [-0.05, 0) is 43.7 Å². The summed E-state index contributed by atoms with van der Waals surface area (Å²) in [6.45, 7) is 7.67. The highest BCUT2D eigenvalue weighted by atomic mass is 16.2. The van der Waals surface area contributed by atoms with Crippen LogP contribution in [0.5, 0.6) is 0 Å². The molecule has 1 N–H and O–H groups in total. The van der Waals surface area contributed by atoms with Crippen LogP contribution in [0.25, 0.3) is 5.52 Å². The fourth-order valence-electron chi connectivity index (χ4n) is 3.82. The van der Waals surface area contributed by atoms with Crippen molar-refractivity contribution in [2.75, 3.05) is 19.6 Å². The summed E-state index contributed by atoms with van der Waals surface area (Å²) in [6.07, 6.45) is 6.89. The molecule has 2 aliphatic rings. The molecule has 25 heavy (non-hydrogen) atoms. The van der Waals surface area contributed by atoms with Crippen LogP contribution in [0.4, 0.5) is 0 Å². The second kappa shape index (κ2) is 6.79. The largest absolute Gasteiger partial charge is 0.348 e. The van der Waals surface area contributed by atoms with Crippen LogP contribution in [-0.4, -0.2) is 45.9 Å². The van der Waals surface area contributed by atoms with Gasteiger partial charge in [0.2, 0.25) is 0 Å². The predicted molar refractivity (Wildman–Crippen MR) is 98.9 cm³/mol. The number of amides is 1. The van der Waals surface area contributed by atoms with Gasteiger partial charge in [0.15, 0.2) is 5.69 Å². The number of hydrogen-bond acceptors (Lipinski definition) is 3. The van der Waals surface area contributed by atoms with Gasteiger partial charge >= 0.3 is 0 Å². The van der Waals surface area contributed by atoms with Crippen molar-refractivity contribution >= 4 is 11.4 Å². The molecule has 3 heterocycles. The first-order chi connectivity index (χ1) is 12.1. The van der Waals surface area contributed by atoms with Gasteiger partial charge in [-0.2, -0.15) is 0 Å². The van der Waals surface area contributed by atoms with Crippen LogP contribution in [0, 0.1) is 5.92 Å². The number of pyridine rings is 1. The Hall–Kier alpha value is -1.88. The van der Waals surface area contributed by atoms with Gasteiger partial charge < -0.3 is 14.6 Å². The number of rotatable bonds is 5. The smallest absolute Gasteiger partial charge is 0.272 e. The molecule has 1 saturated carbocycles. The first-order valence-electron chi connectivity index (χ1n) is 9.62. The summed E-state index contributed by atoms with van der Waals surface area (Å²) in [7, 11) is 0. The Morgan fingerprint density at radius 2 is 2.00 bits per heavy atom. The molecule has 0 spiro atoms. The van der Waals surface area contributed by atoms with Gasteiger partial charge in [-0.15, -0.1) is 0 Å². The van der Waals surface area contributed by atoms with E-state index in [2.05, 4.69) is 29.0 Å². The molecule has 0 aromatic carbocycles. The Labute approximate surface area is 149 Å². The van der Waals surface area contributed by atoms with Gasteiger partial charge in [-0.1, -0.05) is 19.9 Å². The summed E-state index contributed by atoms with van der Waals surface area (Å²) in [6, 6.07) is 6.20. The molecule has 2 aromatic rings. The molecule has 1 amide bonds. The number of likely N-dealkylation sites (tertiary alicyclic amines) is 1. The first-order valence-corrected chi connectivity index (χ1v) is 9.62. The lowest BCUT2D eigenvalue weighted by Crippen LogP contribution is -2.45. The maximum atomic E-state index is 12.8. The molecule has 0 unspecified atom stereocenters. The molecule has 5 heteroatoms. The molecule has 1 aliphatic carbocycles. The number of imidazole rings is 1. The van der Waals surface area contributed by atoms with Crippen molar-refractivity contribution in [2.24, 2.45) is 5.92 Å². The fourth-order valence-corrected chi connectivity index (χ4v) is 3.82. The number of carbonyl (C=O) groups is 1. The van der Waals surface area contributed by atoms with E-state index in [1.807, 2.05) is 28.8 Å². The minimum Gasteiger partial charge on any atom is -0.348 e. The lowest BCUT2D eigenvalue weighted by atomic mass is 10.0. The number of nitrogens with one attached hydrogen (secondary N) is 1. The lowest BCUT2D eigenvalue weighted by molar-refractivity contribution is 0.0906. The highest BCUT2D eigenvalue weighted by Gasteiger charge is 2.28. The van der Waals surface area contributed by atoms with Crippen LogP contribution in [-0.2, 0) is 0 Å². The van der Waals surface area contributed by atoms with E-state index in [0.717, 1.165) is 43.2 Å². The summed E-state index contributed by atoms with van der Waals surface area (Å²) in [5.74, 6) is 2.14. The van der Waals surface area contributed by atoms with E-state index < -0.39 is 0 Å². The summed E-state index contributed by atoms with van der Waals surface area (Å²) in [5.41, 5.74) is 1.46. The normalized spacial score (nSPS) is 19.6. The standard InChI is InChI=1S/C20H28N4O/c1-14(2)19-22-18(17-5-3-4-10-24(17)19)20(25)21-16-8-11-23(12-9-16)13-15-6-7-15/h3-5,10,14-16H,6-9,11-13H2,1-2H3,(H,21,25). The van der Waals surface area contributed by atoms with Gasteiger partial charge in [0.1, 0.15) is 5.82 Å². The first kappa shape index (κ1) is 16.6. The third-order valence-electron chi connectivity index (χ3n) is 5.44. The molecule has 0 atom stereocenters. The molecule has 4 rings (SSSR count). The third-order valence-corrected chi connectivity index (χ3v) is 5.44. The van der Waals surface area contributed by atoms with E-state index in [4.69, 9.17) is 0 Å². The third kappa shape index (κ3) is 3.56. The monoisotopic (exact) mass is 340 g/mol. The van der Waals surface area contributed by atoms with E-state index >= 15 is 0 Å². The van der Waals surface area contributed by atoms with Crippen molar-refractivity contribution < 1.29 is 4.79 Å². The zero-order valence-electron chi connectivity index (χ0n) is 15.2. The van der Waals surface area contributed by atoms with E-state index in [1.54, 1.807) is 0 Å². The number of hydrogen-bond donors (Lipinski definition) is 1. The topological polar surface area (TPSA) is 49.6 Å². The minimum absolute atomic E-state index is 0.0313. The van der Waals surface area contributed by atoms with Crippen LogP contribution >= 0.6 is 0 Å². The minimum atomic E-state index is -0.0313. The Bertz CT molecular complexity index is 754. The van der Waals surface area contributed by atoms with Crippen molar-refractivity contribution in [1.29, 1.82) is 0 Å². The fraction of sp³-hybridized carbons (Fsp3) is 0.600. The highest BCUT2D eigenvalue weighted by molar-refractivity contribution is 5.99. The van der Waals surface area contributed by atoms with Crippen molar-refractivity contribution in [3.63, 3.8) is 0 Å². The molecule has 0 radical (unpaired) electrons. The quantitative estimate of drug-likeness (QED) is 0.910. The summed E-state index contributed by atoms with van der Waals surface area (Å²) < 4.78 is 2.04. The Balaban J connectivity index is 1.44. The Kier molecular flexibility index (Phi) is 4.50. The second-order valence-corrected chi connectivity index (χ2v) is 7.92. The second-order valence-electron chi connectivity index (χ2n) is 7.92. The van der Waals surface area contributed by atoms with Crippen molar-refractivity contribution in [3.8, 4) is 0 Å². The molecular weight excluding hydrogens is 312 g/mol. The number of nitrogens with zero attached hydrogens (tertiary/aromatic N) is 3. The lowest BCUT2D eigenvalue weighted by Gasteiger charge is -2.32. The van der Waals surface area contributed by atoms with E-state index in [0.29, 0.717) is 5.69 Å².